The molecule has 2 heterocycles. The van der Waals surface area contributed by atoms with Crippen molar-refractivity contribution in [3.8, 4) is 11.8 Å². The van der Waals surface area contributed by atoms with Gasteiger partial charge in [0.2, 0.25) is 0 Å². The maximum Gasteiger partial charge on any atom is 0.573 e. The molecule has 2 aromatic rings. The zero-order chi connectivity index (χ0) is 15.0. The van der Waals surface area contributed by atoms with Gasteiger partial charge in [-0.25, -0.2) is 4.98 Å². The Kier molecular flexibility index (Phi) is 3.09. The number of halogens is 3. The molecule has 0 bridgehead atoms. The van der Waals surface area contributed by atoms with Gasteiger partial charge in [-0.2, -0.15) is 5.26 Å². The standard InChI is InChI=1S/C14H10F3N3O/c15-14(16,17)21-13-5-9(6-18)1-3-11(13)12-4-2-10-7-19-8-20(10)12/h1,3,5,7-8,12H,2,4H2. The number of alkyl halides is 3. The van der Waals surface area contributed by atoms with Crippen LogP contribution in [0.15, 0.2) is 30.7 Å². The van der Waals surface area contributed by atoms with E-state index < -0.39 is 6.36 Å². The predicted molar refractivity (Wildman–Crippen MR) is 66.5 cm³/mol. The number of aryl methyl sites for hydroxylation is 1. The van der Waals surface area contributed by atoms with E-state index in [9.17, 15) is 13.2 Å². The van der Waals surface area contributed by atoms with E-state index in [4.69, 9.17) is 5.26 Å². The molecule has 0 fully saturated rings. The van der Waals surface area contributed by atoms with E-state index in [0.29, 0.717) is 12.0 Å². The van der Waals surface area contributed by atoms with E-state index in [-0.39, 0.29) is 17.4 Å². The molecule has 0 radical (unpaired) electrons. The first-order valence-electron chi connectivity index (χ1n) is 6.28. The first kappa shape index (κ1) is 13.5. The molecular formula is C14H10F3N3O. The van der Waals surface area contributed by atoms with Crippen molar-refractivity contribution in [3.05, 3.63) is 47.5 Å². The molecule has 0 amide bonds. The van der Waals surface area contributed by atoms with Gasteiger partial charge in [0, 0.05) is 17.5 Å². The average Bonchev–Trinajstić information content (AvgIpc) is 2.99. The van der Waals surface area contributed by atoms with Crippen molar-refractivity contribution >= 4 is 0 Å². The Morgan fingerprint density at radius 3 is 2.90 bits per heavy atom. The maximum absolute atomic E-state index is 12.6. The average molecular weight is 293 g/mol. The summed E-state index contributed by atoms with van der Waals surface area (Å²) in [6.45, 7) is 0. The Bertz CT molecular complexity index is 715. The molecule has 0 aliphatic carbocycles. The van der Waals surface area contributed by atoms with Crippen molar-refractivity contribution in [2.24, 2.45) is 0 Å². The number of aromatic nitrogens is 2. The van der Waals surface area contributed by atoms with Crippen LogP contribution >= 0.6 is 0 Å². The first-order valence-corrected chi connectivity index (χ1v) is 6.28. The number of imidazole rings is 1. The van der Waals surface area contributed by atoms with Crippen LogP contribution in [0.25, 0.3) is 0 Å². The van der Waals surface area contributed by atoms with Gasteiger partial charge in [-0.3, -0.25) is 0 Å². The zero-order valence-corrected chi connectivity index (χ0v) is 10.8. The van der Waals surface area contributed by atoms with Crippen molar-refractivity contribution in [1.82, 2.24) is 9.55 Å². The number of fused-ring (bicyclic) bond motifs is 1. The summed E-state index contributed by atoms with van der Waals surface area (Å²) >= 11 is 0. The van der Waals surface area contributed by atoms with Crippen molar-refractivity contribution in [2.75, 3.05) is 0 Å². The molecule has 0 N–H and O–H groups in total. The molecule has 4 nitrogen and oxygen atoms in total. The second-order valence-corrected chi connectivity index (χ2v) is 4.76. The molecule has 7 heteroatoms. The number of nitrogens with zero attached hydrogens (tertiary/aromatic N) is 3. The maximum atomic E-state index is 12.6. The number of nitriles is 1. The van der Waals surface area contributed by atoms with Crippen LogP contribution in [0.5, 0.6) is 5.75 Å². The Morgan fingerprint density at radius 1 is 1.38 bits per heavy atom. The van der Waals surface area contributed by atoms with Gasteiger partial charge in [0.15, 0.2) is 0 Å². The van der Waals surface area contributed by atoms with E-state index in [2.05, 4.69) is 9.72 Å². The van der Waals surface area contributed by atoms with E-state index in [1.54, 1.807) is 12.5 Å². The molecule has 3 rings (SSSR count). The van der Waals surface area contributed by atoms with Crippen LogP contribution in [-0.2, 0) is 6.42 Å². The fourth-order valence-electron chi connectivity index (χ4n) is 2.63. The van der Waals surface area contributed by atoms with Gasteiger partial charge in [0.1, 0.15) is 5.75 Å². The lowest BCUT2D eigenvalue weighted by atomic mass is 10.0. The molecule has 1 aliphatic heterocycles. The summed E-state index contributed by atoms with van der Waals surface area (Å²) in [5, 5.41) is 8.84. The molecule has 21 heavy (non-hydrogen) atoms. The van der Waals surface area contributed by atoms with E-state index in [0.717, 1.165) is 18.2 Å². The summed E-state index contributed by atoms with van der Waals surface area (Å²) < 4.78 is 43.6. The molecule has 108 valence electrons. The highest BCUT2D eigenvalue weighted by Gasteiger charge is 2.34. The van der Waals surface area contributed by atoms with Crippen LogP contribution in [0.3, 0.4) is 0 Å². The minimum atomic E-state index is -4.79. The van der Waals surface area contributed by atoms with Crippen LogP contribution in [0.2, 0.25) is 0 Å². The number of hydrogen-bond acceptors (Lipinski definition) is 3. The Labute approximate surface area is 118 Å². The normalized spacial score (nSPS) is 17.3. The number of benzene rings is 1. The van der Waals surface area contributed by atoms with Gasteiger partial charge in [0.05, 0.1) is 24.0 Å². The smallest absolute Gasteiger partial charge is 0.405 e. The van der Waals surface area contributed by atoms with Crippen LogP contribution in [-0.4, -0.2) is 15.9 Å². The van der Waals surface area contributed by atoms with Crippen molar-refractivity contribution in [2.45, 2.75) is 25.2 Å². The molecule has 1 aromatic carbocycles. The number of rotatable bonds is 2. The van der Waals surface area contributed by atoms with Crippen molar-refractivity contribution in [3.63, 3.8) is 0 Å². The lowest BCUT2D eigenvalue weighted by Crippen LogP contribution is -2.19. The highest BCUT2D eigenvalue weighted by molar-refractivity contribution is 5.45. The Balaban J connectivity index is 2.04. The monoisotopic (exact) mass is 293 g/mol. The van der Waals surface area contributed by atoms with Crippen molar-refractivity contribution < 1.29 is 17.9 Å². The van der Waals surface area contributed by atoms with E-state index in [1.807, 2.05) is 10.6 Å². The highest BCUT2D eigenvalue weighted by Crippen LogP contribution is 2.38. The quantitative estimate of drug-likeness (QED) is 0.854. The van der Waals surface area contributed by atoms with Crippen LogP contribution < -0.4 is 4.74 Å². The molecule has 1 atom stereocenters. The largest absolute Gasteiger partial charge is 0.573 e. The molecular weight excluding hydrogens is 283 g/mol. The SMILES string of the molecule is N#Cc1ccc(C2CCc3cncn32)c(OC(F)(F)F)c1. The fourth-order valence-corrected chi connectivity index (χ4v) is 2.63. The molecule has 0 saturated heterocycles. The first-order chi connectivity index (χ1) is 9.98. The summed E-state index contributed by atoms with van der Waals surface area (Å²) in [7, 11) is 0. The van der Waals surface area contributed by atoms with Gasteiger partial charge >= 0.3 is 6.36 Å². The van der Waals surface area contributed by atoms with Crippen LogP contribution in [0.1, 0.15) is 29.3 Å². The molecule has 0 saturated carbocycles. The van der Waals surface area contributed by atoms with E-state index >= 15 is 0 Å². The van der Waals surface area contributed by atoms with E-state index in [1.165, 1.54) is 12.1 Å². The lowest BCUT2D eigenvalue weighted by molar-refractivity contribution is -0.275. The Morgan fingerprint density at radius 2 is 2.19 bits per heavy atom. The van der Waals surface area contributed by atoms with Gasteiger partial charge in [-0.05, 0) is 25.0 Å². The fraction of sp³-hybridized carbons (Fsp3) is 0.286. The van der Waals surface area contributed by atoms with Crippen molar-refractivity contribution in [1.29, 1.82) is 5.26 Å². The minimum absolute atomic E-state index is 0.127. The molecule has 0 spiro atoms. The third-order valence-electron chi connectivity index (χ3n) is 3.48. The second-order valence-electron chi connectivity index (χ2n) is 4.76. The summed E-state index contributed by atoms with van der Waals surface area (Å²) in [6.07, 6.45) is -0.0657. The summed E-state index contributed by atoms with van der Waals surface area (Å²) in [5.41, 5.74) is 1.51. The lowest BCUT2D eigenvalue weighted by Gasteiger charge is -2.19. The van der Waals surface area contributed by atoms with Gasteiger partial charge in [0.25, 0.3) is 0 Å². The summed E-state index contributed by atoms with van der Waals surface area (Å²) in [6, 6.07) is 5.69. The second kappa shape index (κ2) is 4.81. The number of hydrogen-bond donors (Lipinski definition) is 0. The summed E-state index contributed by atoms with van der Waals surface area (Å²) in [5.74, 6) is -0.326. The third kappa shape index (κ3) is 2.57. The Hall–Kier alpha value is -2.49. The van der Waals surface area contributed by atoms with Gasteiger partial charge in [-0.15, -0.1) is 13.2 Å². The molecule has 1 aliphatic rings. The van der Waals surface area contributed by atoms with Gasteiger partial charge < -0.3 is 9.30 Å². The van der Waals surface area contributed by atoms with Gasteiger partial charge in [-0.1, -0.05) is 6.07 Å². The predicted octanol–water partition coefficient (Wildman–Crippen LogP) is 3.19. The number of ether oxygens (including phenoxy) is 1. The molecule has 1 unspecified atom stereocenters. The zero-order valence-electron chi connectivity index (χ0n) is 10.8. The third-order valence-corrected chi connectivity index (χ3v) is 3.48. The van der Waals surface area contributed by atoms with Crippen LogP contribution in [0.4, 0.5) is 13.2 Å². The topological polar surface area (TPSA) is 50.8 Å². The molecule has 1 aromatic heterocycles. The highest BCUT2D eigenvalue weighted by atomic mass is 19.4. The summed E-state index contributed by atoms with van der Waals surface area (Å²) in [4.78, 5) is 4.01. The minimum Gasteiger partial charge on any atom is -0.405 e. The van der Waals surface area contributed by atoms with Crippen LogP contribution in [0, 0.1) is 11.3 Å².